The van der Waals surface area contributed by atoms with E-state index in [1.54, 1.807) is 29.7 Å². The predicted molar refractivity (Wildman–Crippen MR) is 120 cm³/mol. The Balaban J connectivity index is 1.31. The molecule has 2 saturated heterocycles. The van der Waals surface area contributed by atoms with Gasteiger partial charge >= 0.3 is 0 Å². The van der Waals surface area contributed by atoms with Crippen LogP contribution in [0.25, 0.3) is 0 Å². The predicted octanol–water partition coefficient (Wildman–Crippen LogP) is 1.55. The number of hydrogen-bond donors (Lipinski definition) is 1. The van der Waals surface area contributed by atoms with Gasteiger partial charge in [-0.2, -0.15) is 5.10 Å². The first-order valence-corrected chi connectivity index (χ1v) is 11.2. The Morgan fingerprint density at radius 1 is 1.15 bits per heavy atom. The summed E-state index contributed by atoms with van der Waals surface area (Å²) in [5, 5.41) is 11.1. The van der Waals surface area contributed by atoms with Gasteiger partial charge in [0.2, 0.25) is 5.91 Å². The highest BCUT2D eigenvalue weighted by molar-refractivity contribution is 5.95. The quantitative estimate of drug-likeness (QED) is 0.615. The summed E-state index contributed by atoms with van der Waals surface area (Å²) in [5.41, 5.74) is 2.04. The zero-order valence-corrected chi connectivity index (χ0v) is 18.9. The van der Waals surface area contributed by atoms with Crippen LogP contribution >= 0.6 is 0 Å². The van der Waals surface area contributed by atoms with Crippen LogP contribution in [0.15, 0.2) is 53.3 Å². The Kier molecular flexibility index (Phi) is 5.49. The number of hydrogen-bond acceptors (Lipinski definition) is 6. The molecule has 9 nitrogen and oxygen atoms in total. The normalized spacial score (nSPS) is 19.6. The molecule has 1 N–H and O–H groups in total. The monoisotopic (exact) mass is 448 g/mol. The second kappa shape index (κ2) is 8.47. The molecule has 2 amide bonds. The maximum atomic E-state index is 13.3. The molecule has 172 valence electrons. The van der Waals surface area contributed by atoms with Crippen molar-refractivity contribution in [3.05, 3.63) is 71.4 Å². The molecule has 1 aromatic carbocycles. The van der Waals surface area contributed by atoms with E-state index in [-0.39, 0.29) is 23.1 Å². The van der Waals surface area contributed by atoms with Crippen LogP contribution < -0.4 is 5.32 Å². The summed E-state index contributed by atoms with van der Waals surface area (Å²) in [6.07, 6.45) is 3.54. The third-order valence-electron chi connectivity index (χ3n) is 6.90. The molecule has 9 heteroatoms. The molecule has 0 bridgehead atoms. The maximum absolute atomic E-state index is 13.3. The van der Waals surface area contributed by atoms with Crippen LogP contribution in [0.2, 0.25) is 0 Å². The Labute approximate surface area is 192 Å². The molecule has 0 saturated carbocycles. The summed E-state index contributed by atoms with van der Waals surface area (Å²) in [7, 11) is 1.68. The lowest BCUT2D eigenvalue weighted by Crippen LogP contribution is -2.64. The highest BCUT2D eigenvalue weighted by Crippen LogP contribution is 2.45. The van der Waals surface area contributed by atoms with E-state index in [0.29, 0.717) is 37.6 Å². The van der Waals surface area contributed by atoms with Gasteiger partial charge in [-0.25, -0.2) is 0 Å². The van der Waals surface area contributed by atoms with Gasteiger partial charge in [0.05, 0.1) is 12.5 Å². The number of rotatable bonds is 6. The molecule has 5 rings (SSSR count). The van der Waals surface area contributed by atoms with Gasteiger partial charge in [0.15, 0.2) is 5.69 Å². The third kappa shape index (κ3) is 3.93. The van der Waals surface area contributed by atoms with Crippen molar-refractivity contribution in [1.29, 1.82) is 0 Å². The summed E-state index contributed by atoms with van der Waals surface area (Å²) < 4.78 is 7.09. The molecule has 3 aromatic rings. The summed E-state index contributed by atoms with van der Waals surface area (Å²) in [6.45, 7) is 5.55. The topological polar surface area (TPSA) is 96.5 Å². The lowest BCUT2D eigenvalue weighted by molar-refractivity contribution is -0.130. The number of nitrogens with one attached hydrogen (secondary N) is 1. The molecule has 2 aromatic heterocycles. The van der Waals surface area contributed by atoms with Crippen LogP contribution in [-0.2, 0) is 17.9 Å². The van der Waals surface area contributed by atoms with Crippen LogP contribution in [0.5, 0.6) is 0 Å². The number of carbonyl (C=O) groups is 2. The number of benzene rings is 1. The maximum Gasteiger partial charge on any atom is 0.276 e. The van der Waals surface area contributed by atoms with E-state index in [1.807, 2.05) is 30.5 Å². The van der Waals surface area contributed by atoms with E-state index in [1.165, 1.54) is 5.56 Å². The number of likely N-dealkylation sites (tertiary alicyclic amines) is 2. The van der Waals surface area contributed by atoms with E-state index in [4.69, 9.17) is 4.52 Å². The molecular formula is C24H28N6O3. The summed E-state index contributed by atoms with van der Waals surface area (Å²) in [6, 6.07) is 12.1. The molecule has 0 aliphatic carbocycles. The molecule has 4 heterocycles. The molecule has 0 radical (unpaired) electrons. The van der Waals surface area contributed by atoms with Gasteiger partial charge in [-0.1, -0.05) is 35.5 Å². The standard InChI is InChI=1S/C24H28N6O3/c1-17-19(12-30-10-6-9-26-30)21(27-33-17)23(32)29-15-24(16-29)14-28(13-20(24)22(31)25-2)11-18-7-4-3-5-8-18/h3-10,20H,11-16H2,1-2H3,(H,25,31). The average Bonchev–Trinajstić information content (AvgIpc) is 3.53. The van der Waals surface area contributed by atoms with E-state index in [2.05, 4.69) is 32.6 Å². The Bertz CT molecular complexity index is 1130. The highest BCUT2D eigenvalue weighted by Gasteiger charge is 2.58. The van der Waals surface area contributed by atoms with Gasteiger partial charge in [-0.05, 0) is 18.6 Å². The van der Waals surface area contributed by atoms with Crippen molar-refractivity contribution in [1.82, 2.24) is 30.1 Å². The largest absolute Gasteiger partial charge is 0.361 e. The van der Waals surface area contributed by atoms with Crippen molar-refractivity contribution in [2.75, 3.05) is 33.2 Å². The smallest absolute Gasteiger partial charge is 0.276 e. The summed E-state index contributed by atoms with van der Waals surface area (Å²) in [5.74, 6) is 0.339. The Hall–Kier alpha value is -3.46. The van der Waals surface area contributed by atoms with Crippen LogP contribution in [0.4, 0.5) is 0 Å². The van der Waals surface area contributed by atoms with Crippen LogP contribution in [0.1, 0.15) is 27.4 Å². The van der Waals surface area contributed by atoms with Gasteiger partial charge in [0.1, 0.15) is 5.76 Å². The second-order valence-electron chi connectivity index (χ2n) is 9.12. The molecule has 2 aliphatic heterocycles. The minimum atomic E-state index is -0.245. The second-order valence-corrected chi connectivity index (χ2v) is 9.12. The van der Waals surface area contributed by atoms with Gasteiger partial charge in [0.25, 0.3) is 5.91 Å². The fraction of sp³-hybridized carbons (Fsp3) is 0.417. The van der Waals surface area contributed by atoms with Crippen molar-refractivity contribution < 1.29 is 14.1 Å². The molecule has 2 fully saturated rings. The van der Waals surface area contributed by atoms with Crippen molar-refractivity contribution in [2.45, 2.75) is 20.0 Å². The lowest BCUT2D eigenvalue weighted by Gasteiger charge is -2.50. The summed E-state index contributed by atoms with van der Waals surface area (Å²) in [4.78, 5) is 30.1. The fourth-order valence-corrected chi connectivity index (χ4v) is 5.20. The molecule has 2 aliphatic rings. The number of aryl methyl sites for hydroxylation is 1. The Morgan fingerprint density at radius 3 is 2.64 bits per heavy atom. The van der Waals surface area contributed by atoms with Gasteiger partial charge < -0.3 is 14.7 Å². The SMILES string of the molecule is CNC(=O)C1CN(Cc2ccccc2)CC12CN(C(=O)c1noc(C)c1Cn1cccn1)C2. The summed E-state index contributed by atoms with van der Waals surface area (Å²) >= 11 is 0. The van der Waals surface area contributed by atoms with Crippen LogP contribution in [-0.4, -0.2) is 69.8 Å². The van der Waals surface area contributed by atoms with Gasteiger partial charge in [-0.15, -0.1) is 0 Å². The number of nitrogens with zero attached hydrogens (tertiary/aromatic N) is 5. The number of carbonyl (C=O) groups excluding carboxylic acids is 2. The molecular weight excluding hydrogens is 420 g/mol. The fourth-order valence-electron chi connectivity index (χ4n) is 5.20. The number of aromatic nitrogens is 3. The minimum Gasteiger partial charge on any atom is -0.361 e. The van der Waals surface area contributed by atoms with Gasteiger partial charge in [0, 0.05) is 63.1 Å². The number of amides is 2. The zero-order valence-electron chi connectivity index (χ0n) is 18.9. The highest BCUT2D eigenvalue weighted by atomic mass is 16.5. The van der Waals surface area contributed by atoms with Crippen molar-refractivity contribution in [3.8, 4) is 0 Å². The third-order valence-corrected chi connectivity index (χ3v) is 6.90. The van der Waals surface area contributed by atoms with E-state index in [9.17, 15) is 9.59 Å². The first-order chi connectivity index (χ1) is 16.0. The zero-order chi connectivity index (χ0) is 23.0. The van der Waals surface area contributed by atoms with Crippen molar-refractivity contribution in [3.63, 3.8) is 0 Å². The van der Waals surface area contributed by atoms with Crippen LogP contribution in [0, 0.1) is 18.3 Å². The minimum absolute atomic E-state index is 0.0364. The molecule has 1 atom stereocenters. The van der Waals surface area contributed by atoms with Crippen LogP contribution in [0.3, 0.4) is 0 Å². The first-order valence-electron chi connectivity index (χ1n) is 11.2. The van der Waals surface area contributed by atoms with Crippen molar-refractivity contribution >= 4 is 11.8 Å². The first kappa shape index (κ1) is 21.4. The molecule has 33 heavy (non-hydrogen) atoms. The molecule has 1 unspecified atom stereocenters. The van der Waals surface area contributed by atoms with Crippen molar-refractivity contribution in [2.24, 2.45) is 11.3 Å². The Morgan fingerprint density at radius 2 is 1.94 bits per heavy atom. The van der Waals surface area contributed by atoms with E-state index < -0.39 is 0 Å². The van der Waals surface area contributed by atoms with E-state index in [0.717, 1.165) is 18.7 Å². The van der Waals surface area contributed by atoms with Gasteiger partial charge in [-0.3, -0.25) is 19.2 Å². The van der Waals surface area contributed by atoms with E-state index >= 15 is 0 Å². The molecule has 1 spiro atoms. The average molecular weight is 449 g/mol. The lowest BCUT2D eigenvalue weighted by atomic mass is 9.71.